The Kier molecular flexibility index (Phi) is 5.46. The number of methoxy groups -OCH3 is 1. The number of hydrogen-bond donors (Lipinski definition) is 2. The van der Waals surface area contributed by atoms with Gasteiger partial charge in [-0.15, -0.1) is 0 Å². The van der Waals surface area contributed by atoms with Crippen LogP contribution in [0.2, 0.25) is 5.15 Å². The minimum atomic E-state index is -1.01. The van der Waals surface area contributed by atoms with Gasteiger partial charge < -0.3 is 15.2 Å². The van der Waals surface area contributed by atoms with E-state index < -0.39 is 10.5 Å². The molecule has 0 aliphatic rings. The molecule has 106 valence electrons. The molecule has 0 saturated carbocycles. The van der Waals surface area contributed by atoms with Crippen LogP contribution < -0.4 is 5.32 Å². The van der Waals surface area contributed by atoms with Gasteiger partial charge in [0.2, 0.25) is 0 Å². The monoisotopic (exact) mass is 289 g/mol. The van der Waals surface area contributed by atoms with Crippen molar-refractivity contribution in [2.75, 3.05) is 25.6 Å². The topological polar surface area (TPSA) is 97.5 Å². The van der Waals surface area contributed by atoms with Gasteiger partial charge in [0.1, 0.15) is 11.0 Å². The van der Waals surface area contributed by atoms with Gasteiger partial charge in [-0.05, 0) is 6.92 Å². The van der Waals surface area contributed by atoms with Gasteiger partial charge in [0.25, 0.3) is 5.69 Å². The van der Waals surface area contributed by atoms with E-state index in [2.05, 4.69) is 10.3 Å². The molecule has 0 fully saturated rings. The van der Waals surface area contributed by atoms with E-state index in [0.717, 1.165) is 6.07 Å². The molecular formula is C11H16ClN3O4. The lowest BCUT2D eigenvalue weighted by atomic mass is 10.0. The normalized spacial score (nSPS) is 13.9. The van der Waals surface area contributed by atoms with Crippen molar-refractivity contribution in [1.82, 2.24) is 4.98 Å². The van der Waals surface area contributed by atoms with Crippen molar-refractivity contribution < 1.29 is 14.8 Å². The number of hydrogen-bond acceptors (Lipinski definition) is 6. The lowest BCUT2D eigenvalue weighted by Crippen LogP contribution is -2.34. The van der Waals surface area contributed by atoms with E-state index in [1.807, 2.05) is 0 Å². The number of rotatable bonds is 7. The maximum Gasteiger partial charge on any atom is 0.276 e. The zero-order chi connectivity index (χ0) is 14.5. The predicted molar refractivity (Wildman–Crippen MR) is 71.5 cm³/mol. The fraction of sp³-hybridized carbons (Fsp3) is 0.545. The number of nitrogens with one attached hydrogen (secondary N) is 1. The van der Waals surface area contributed by atoms with Crippen molar-refractivity contribution in [3.8, 4) is 0 Å². The number of anilines is 1. The van der Waals surface area contributed by atoms with Crippen molar-refractivity contribution in [3.63, 3.8) is 0 Å². The summed E-state index contributed by atoms with van der Waals surface area (Å²) in [5, 5.41) is 23.5. The summed E-state index contributed by atoms with van der Waals surface area (Å²) in [5.41, 5.74) is -1.16. The maximum absolute atomic E-state index is 10.7. The van der Waals surface area contributed by atoms with Crippen LogP contribution in [0.15, 0.2) is 12.1 Å². The first-order valence-corrected chi connectivity index (χ1v) is 5.99. The molecule has 0 radical (unpaired) electrons. The van der Waals surface area contributed by atoms with Gasteiger partial charge in [-0.1, -0.05) is 11.6 Å². The summed E-state index contributed by atoms with van der Waals surface area (Å²) >= 11 is 5.69. The third-order valence-electron chi connectivity index (χ3n) is 2.48. The average molecular weight is 290 g/mol. The number of nitrogens with zero attached hydrogens (tertiary/aromatic N) is 2. The Bertz CT molecular complexity index is 454. The Morgan fingerprint density at radius 2 is 2.32 bits per heavy atom. The first-order valence-electron chi connectivity index (χ1n) is 5.61. The number of nitro groups is 1. The maximum atomic E-state index is 10.7. The molecule has 1 aromatic rings. The SMILES string of the molecule is COCCC(C)(O)CNc1cc([N+](=O)[O-])cc(Cl)n1. The van der Waals surface area contributed by atoms with E-state index in [1.54, 1.807) is 14.0 Å². The Hall–Kier alpha value is -1.44. The Balaban J connectivity index is 2.69. The molecule has 0 bridgehead atoms. The second-order valence-electron chi connectivity index (χ2n) is 4.38. The smallest absolute Gasteiger partial charge is 0.276 e. The Morgan fingerprint density at radius 1 is 1.63 bits per heavy atom. The van der Waals surface area contributed by atoms with Gasteiger partial charge in [-0.2, -0.15) is 0 Å². The number of ether oxygens (including phenoxy) is 1. The third-order valence-corrected chi connectivity index (χ3v) is 2.68. The van der Waals surface area contributed by atoms with Gasteiger partial charge in [0, 0.05) is 26.7 Å². The van der Waals surface area contributed by atoms with Gasteiger partial charge >= 0.3 is 0 Å². The Labute approximate surface area is 115 Å². The van der Waals surface area contributed by atoms with Crippen molar-refractivity contribution in [2.24, 2.45) is 0 Å². The summed E-state index contributed by atoms with van der Waals surface area (Å²) in [4.78, 5) is 14.0. The highest BCUT2D eigenvalue weighted by atomic mass is 35.5. The second-order valence-corrected chi connectivity index (χ2v) is 4.77. The average Bonchev–Trinajstić information content (AvgIpc) is 2.33. The minimum absolute atomic E-state index is 0.0215. The fourth-order valence-corrected chi connectivity index (χ4v) is 1.57. The zero-order valence-electron chi connectivity index (χ0n) is 10.7. The fourth-order valence-electron chi connectivity index (χ4n) is 1.37. The zero-order valence-corrected chi connectivity index (χ0v) is 11.5. The quantitative estimate of drug-likeness (QED) is 0.451. The lowest BCUT2D eigenvalue weighted by molar-refractivity contribution is -0.384. The van der Waals surface area contributed by atoms with Gasteiger partial charge in [0.15, 0.2) is 0 Å². The van der Waals surface area contributed by atoms with Crippen LogP contribution in [0.5, 0.6) is 0 Å². The highest BCUT2D eigenvalue weighted by Gasteiger charge is 2.20. The molecule has 1 heterocycles. The lowest BCUT2D eigenvalue weighted by Gasteiger charge is -2.23. The van der Waals surface area contributed by atoms with Crippen LogP contribution in [0.1, 0.15) is 13.3 Å². The van der Waals surface area contributed by atoms with E-state index in [0.29, 0.717) is 13.0 Å². The highest BCUT2D eigenvalue weighted by Crippen LogP contribution is 2.21. The van der Waals surface area contributed by atoms with E-state index in [-0.39, 0.29) is 23.2 Å². The Morgan fingerprint density at radius 3 is 2.89 bits per heavy atom. The number of pyridine rings is 1. The van der Waals surface area contributed by atoms with Gasteiger partial charge in [-0.3, -0.25) is 10.1 Å². The molecule has 0 saturated heterocycles. The van der Waals surface area contributed by atoms with Crippen molar-refractivity contribution in [1.29, 1.82) is 0 Å². The van der Waals surface area contributed by atoms with E-state index in [4.69, 9.17) is 16.3 Å². The number of aliphatic hydroxyl groups is 1. The largest absolute Gasteiger partial charge is 0.388 e. The van der Waals surface area contributed by atoms with E-state index in [9.17, 15) is 15.2 Å². The molecule has 0 aromatic carbocycles. The molecule has 0 aliphatic heterocycles. The van der Waals surface area contributed by atoms with E-state index in [1.165, 1.54) is 6.07 Å². The minimum Gasteiger partial charge on any atom is -0.388 e. The summed E-state index contributed by atoms with van der Waals surface area (Å²) in [6.07, 6.45) is 0.430. The summed E-state index contributed by atoms with van der Waals surface area (Å²) in [6.45, 7) is 2.23. The summed E-state index contributed by atoms with van der Waals surface area (Å²) < 4.78 is 4.89. The van der Waals surface area contributed by atoms with Crippen LogP contribution >= 0.6 is 11.6 Å². The van der Waals surface area contributed by atoms with Gasteiger partial charge in [-0.25, -0.2) is 4.98 Å². The predicted octanol–water partition coefficient (Wildman–Crippen LogP) is 1.84. The molecule has 0 amide bonds. The number of halogens is 1. The first kappa shape index (κ1) is 15.6. The van der Waals surface area contributed by atoms with Crippen LogP contribution in [0.3, 0.4) is 0 Å². The third kappa shape index (κ3) is 5.37. The second kappa shape index (κ2) is 6.65. The molecule has 0 aliphatic carbocycles. The van der Waals surface area contributed by atoms with Crippen molar-refractivity contribution in [2.45, 2.75) is 18.9 Å². The molecule has 1 rings (SSSR count). The molecule has 0 spiro atoms. The molecule has 1 atom stereocenters. The van der Waals surface area contributed by atoms with Crippen LogP contribution in [0.4, 0.5) is 11.5 Å². The molecular weight excluding hydrogens is 274 g/mol. The standard InChI is InChI=1S/C11H16ClN3O4/c1-11(16,3-4-19-2)7-13-10-6-8(15(17)18)5-9(12)14-10/h5-6,16H,3-4,7H2,1-2H3,(H,13,14). The van der Waals surface area contributed by atoms with Crippen molar-refractivity contribution >= 4 is 23.1 Å². The van der Waals surface area contributed by atoms with Crippen molar-refractivity contribution in [3.05, 3.63) is 27.4 Å². The first-order chi connectivity index (χ1) is 8.84. The molecule has 1 aromatic heterocycles. The highest BCUT2D eigenvalue weighted by molar-refractivity contribution is 6.29. The molecule has 8 heteroatoms. The van der Waals surface area contributed by atoms with Crippen LogP contribution in [-0.2, 0) is 4.74 Å². The number of aromatic nitrogens is 1. The summed E-state index contributed by atoms with van der Waals surface area (Å²) in [5.74, 6) is 0.247. The summed E-state index contributed by atoms with van der Waals surface area (Å²) in [7, 11) is 1.55. The molecule has 19 heavy (non-hydrogen) atoms. The van der Waals surface area contributed by atoms with Crippen LogP contribution in [-0.4, -0.2) is 40.9 Å². The molecule has 2 N–H and O–H groups in total. The summed E-state index contributed by atoms with van der Waals surface area (Å²) in [6, 6.07) is 2.42. The van der Waals surface area contributed by atoms with Crippen LogP contribution in [0, 0.1) is 10.1 Å². The molecule has 7 nitrogen and oxygen atoms in total. The van der Waals surface area contributed by atoms with Gasteiger partial charge in [0.05, 0.1) is 22.7 Å². The van der Waals surface area contributed by atoms with Crippen LogP contribution in [0.25, 0.3) is 0 Å². The van der Waals surface area contributed by atoms with E-state index >= 15 is 0 Å². The molecule has 1 unspecified atom stereocenters.